The number of carbonyl (C=O) groups excluding carboxylic acids is 1. The second kappa shape index (κ2) is 7.95. The molecule has 7 heteroatoms. The van der Waals surface area contributed by atoms with E-state index in [1.54, 1.807) is 38.5 Å². The molecule has 0 saturated carbocycles. The van der Waals surface area contributed by atoms with Crippen molar-refractivity contribution in [1.82, 2.24) is 0 Å². The Labute approximate surface area is 150 Å². The fourth-order valence-electron chi connectivity index (χ4n) is 1.98. The van der Waals surface area contributed by atoms with Crippen LogP contribution in [0.25, 0.3) is 6.08 Å². The molecule has 0 atom stereocenters. The number of anilines is 2. The lowest BCUT2D eigenvalue weighted by Gasteiger charge is -2.08. The Morgan fingerprint density at radius 1 is 1.12 bits per heavy atom. The van der Waals surface area contributed by atoms with Crippen LogP contribution in [0.3, 0.4) is 0 Å². The monoisotopic (exact) mass is 366 g/mol. The molecule has 0 aliphatic carbocycles. The molecular formula is C17H16Cl2N2O3. The zero-order chi connectivity index (χ0) is 17.7. The van der Waals surface area contributed by atoms with E-state index in [1.807, 2.05) is 0 Å². The minimum Gasteiger partial charge on any atom is -0.497 e. The maximum Gasteiger partial charge on any atom is 0.248 e. The highest BCUT2D eigenvalue weighted by Crippen LogP contribution is 2.31. The van der Waals surface area contributed by atoms with Crippen LogP contribution in [-0.4, -0.2) is 20.1 Å². The number of amides is 1. The third-order valence-corrected chi connectivity index (χ3v) is 3.82. The van der Waals surface area contributed by atoms with Crippen molar-refractivity contribution in [3.05, 3.63) is 52.0 Å². The normalized spacial score (nSPS) is 10.7. The van der Waals surface area contributed by atoms with Crippen molar-refractivity contribution in [2.75, 3.05) is 25.3 Å². The molecule has 0 aliphatic rings. The predicted octanol–water partition coefficient (Wildman–Crippen LogP) is 4.24. The Hall–Kier alpha value is -2.37. The maximum absolute atomic E-state index is 12.1. The summed E-state index contributed by atoms with van der Waals surface area (Å²) in [5.41, 5.74) is 7.09. The van der Waals surface area contributed by atoms with Gasteiger partial charge in [0.05, 0.1) is 30.0 Å². The van der Waals surface area contributed by atoms with Gasteiger partial charge in [0.25, 0.3) is 0 Å². The van der Waals surface area contributed by atoms with E-state index in [-0.39, 0.29) is 21.6 Å². The van der Waals surface area contributed by atoms with Gasteiger partial charge >= 0.3 is 0 Å². The molecule has 0 aromatic heterocycles. The molecule has 24 heavy (non-hydrogen) atoms. The van der Waals surface area contributed by atoms with Crippen molar-refractivity contribution >= 4 is 46.6 Å². The summed E-state index contributed by atoms with van der Waals surface area (Å²) in [4.78, 5) is 12.1. The van der Waals surface area contributed by atoms with Crippen LogP contribution in [0.2, 0.25) is 10.0 Å². The summed E-state index contributed by atoms with van der Waals surface area (Å²) in [5.74, 6) is 0.933. The largest absolute Gasteiger partial charge is 0.497 e. The molecule has 0 unspecified atom stereocenters. The number of rotatable bonds is 5. The molecule has 5 nitrogen and oxygen atoms in total. The van der Waals surface area contributed by atoms with E-state index in [1.165, 1.54) is 18.2 Å². The number of methoxy groups -OCH3 is 2. The zero-order valence-electron chi connectivity index (χ0n) is 13.1. The van der Waals surface area contributed by atoms with Gasteiger partial charge in [0.2, 0.25) is 5.91 Å². The van der Waals surface area contributed by atoms with Gasteiger partial charge in [-0.2, -0.15) is 0 Å². The number of nitrogens with two attached hydrogens (primary N) is 1. The van der Waals surface area contributed by atoms with Gasteiger partial charge in [0.15, 0.2) is 0 Å². The van der Waals surface area contributed by atoms with Crippen LogP contribution in [0.1, 0.15) is 5.56 Å². The van der Waals surface area contributed by atoms with E-state index >= 15 is 0 Å². The number of hydrogen-bond acceptors (Lipinski definition) is 4. The van der Waals surface area contributed by atoms with Crippen molar-refractivity contribution in [3.63, 3.8) is 0 Å². The van der Waals surface area contributed by atoms with Crippen molar-refractivity contribution in [2.45, 2.75) is 0 Å². The zero-order valence-corrected chi connectivity index (χ0v) is 14.6. The lowest BCUT2D eigenvalue weighted by molar-refractivity contribution is -0.111. The standard InChI is InChI=1S/C17H16Cl2N2O3/c1-23-12-4-5-15(24-2)10(7-12)3-6-16(22)21-11-8-13(18)17(20)14(19)9-11/h3-9H,20H2,1-2H3,(H,21,22)/b6-3+. The van der Waals surface area contributed by atoms with Crippen LogP contribution in [0.15, 0.2) is 36.4 Å². The molecule has 126 valence electrons. The number of hydrogen-bond donors (Lipinski definition) is 2. The van der Waals surface area contributed by atoms with Gasteiger partial charge in [0.1, 0.15) is 11.5 Å². The highest BCUT2D eigenvalue weighted by Gasteiger charge is 2.07. The molecular weight excluding hydrogens is 351 g/mol. The Morgan fingerprint density at radius 3 is 2.38 bits per heavy atom. The smallest absolute Gasteiger partial charge is 0.248 e. The van der Waals surface area contributed by atoms with Gasteiger partial charge in [-0.05, 0) is 36.4 Å². The topological polar surface area (TPSA) is 73.6 Å². The highest BCUT2D eigenvalue weighted by molar-refractivity contribution is 6.39. The molecule has 0 fully saturated rings. The first-order valence-corrected chi connectivity index (χ1v) is 7.65. The van der Waals surface area contributed by atoms with E-state index < -0.39 is 0 Å². The Balaban J connectivity index is 2.16. The van der Waals surface area contributed by atoms with E-state index in [9.17, 15) is 4.79 Å². The molecule has 2 aromatic rings. The maximum atomic E-state index is 12.1. The molecule has 3 N–H and O–H groups in total. The summed E-state index contributed by atoms with van der Waals surface area (Å²) >= 11 is 11.9. The first kappa shape index (κ1) is 18.0. The highest BCUT2D eigenvalue weighted by atomic mass is 35.5. The van der Waals surface area contributed by atoms with Gasteiger partial charge in [0, 0.05) is 17.3 Å². The third kappa shape index (κ3) is 4.34. The van der Waals surface area contributed by atoms with Crippen LogP contribution < -0.4 is 20.5 Å². The fourth-order valence-corrected chi connectivity index (χ4v) is 2.46. The lowest BCUT2D eigenvalue weighted by atomic mass is 10.1. The SMILES string of the molecule is COc1ccc(OC)c(/C=C/C(=O)Nc2cc(Cl)c(N)c(Cl)c2)c1. The molecule has 0 aliphatic heterocycles. The van der Waals surface area contributed by atoms with Crippen molar-refractivity contribution in [2.24, 2.45) is 0 Å². The summed E-state index contributed by atoms with van der Waals surface area (Å²) in [6.07, 6.45) is 2.99. The average Bonchev–Trinajstić information content (AvgIpc) is 2.57. The Morgan fingerprint density at radius 2 is 1.79 bits per heavy atom. The second-order valence-electron chi connectivity index (χ2n) is 4.78. The van der Waals surface area contributed by atoms with Crippen LogP contribution >= 0.6 is 23.2 Å². The van der Waals surface area contributed by atoms with Crippen LogP contribution in [0, 0.1) is 0 Å². The molecule has 2 aromatic carbocycles. The molecule has 1 amide bonds. The summed E-state index contributed by atoms with van der Waals surface area (Å²) in [7, 11) is 3.12. The minimum atomic E-state index is -0.350. The van der Waals surface area contributed by atoms with Crippen LogP contribution in [0.4, 0.5) is 11.4 Å². The fraction of sp³-hybridized carbons (Fsp3) is 0.118. The number of nitrogen functional groups attached to an aromatic ring is 1. The third-order valence-electron chi connectivity index (χ3n) is 3.20. The quantitative estimate of drug-likeness (QED) is 0.612. The Bertz CT molecular complexity index is 768. The molecule has 0 radical (unpaired) electrons. The van der Waals surface area contributed by atoms with E-state index in [2.05, 4.69) is 5.32 Å². The number of ether oxygens (including phenoxy) is 2. The number of carbonyl (C=O) groups is 1. The number of nitrogens with one attached hydrogen (secondary N) is 1. The molecule has 0 spiro atoms. The van der Waals surface area contributed by atoms with Gasteiger partial charge in [-0.3, -0.25) is 4.79 Å². The van der Waals surface area contributed by atoms with Gasteiger partial charge < -0.3 is 20.5 Å². The lowest BCUT2D eigenvalue weighted by Crippen LogP contribution is -2.08. The van der Waals surface area contributed by atoms with E-state index in [0.29, 0.717) is 22.7 Å². The van der Waals surface area contributed by atoms with Crippen LogP contribution in [-0.2, 0) is 4.79 Å². The summed E-state index contributed by atoms with van der Waals surface area (Å²) in [5, 5.41) is 3.21. The van der Waals surface area contributed by atoms with Gasteiger partial charge in [-0.25, -0.2) is 0 Å². The van der Waals surface area contributed by atoms with Gasteiger partial charge in [-0.1, -0.05) is 23.2 Å². The van der Waals surface area contributed by atoms with Crippen molar-refractivity contribution < 1.29 is 14.3 Å². The summed E-state index contributed by atoms with van der Waals surface area (Å²) < 4.78 is 10.4. The molecule has 0 bridgehead atoms. The first-order valence-electron chi connectivity index (χ1n) is 6.90. The van der Waals surface area contributed by atoms with Gasteiger partial charge in [-0.15, -0.1) is 0 Å². The summed E-state index contributed by atoms with van der Waals surface area (Å²) in [6.45, 7) is 0. The first-order chi connectivity index (χ1) is 11.4. The molecule has 0 saturated heterocycles. The average molecular weight is 367 g/mol. The van der Waals surface area contributed by atoms with Crippen LogP contribution in [0.5, 0.6) is 11.5 Å². The van der Waals surface area contributed by atoms with Crippen molar-refractivity contribution in [1.29, 1.82) is 0 Å². The molecule has 0 heterocycles. The minimum absolute atomic E-state index is 0.271. The summed E-state index contributed by atoms with van der Waals surface area (Å²) in [6, 6.07) is 8.35. The van der Waals surface area contributed by atoms with E-state index in [4.69, 9.17) is 38.4 Å². The predicted molar refractivity (Wildman–Crippen MR) is 98.1 cm³/mol. The van der Waals surface area contributed by atoms with Crippen molar-refractivity contribution in [3.8, 4) is 11.5 Å². The molecule has 2 rings (SSSR count). The number of benzene rings is 2. The van der Waals surface area contributed by atoms with E-state index in [0.717, 1.165) is 0 Å². The second-order valence-corrected chi connectivity index (χ2v) is 5.60. The number of halogens is 2. The Kier molecular flexibility index (Phi) is 5.95.